The van der Waals surface area contributed by atoms with Crippen LogP contribution in [-0.2, 0) is 22.6 Å². The van der Waals surface area contributed by atoms with E-state index in [9.17, 15) is 4.79 Å². The molecule has 1 aromatic carbocycles. The molecular formula is C14H10ClN3O2S. The lowest BCUT2D eigenvalue weighted by molar-refractivity contribution is -0.144. The molecule has 0 spiro atoms. The van der Waals surface area contributed by atoms with Crippen LogP contribution < -0.4 is 0 Å². The predicted octanol–water partition coefficient (Wildman–Crippen LogP) is 3.03. The molecule has 2 heterocycles. The molecule has 0 aliphatic carbocycles. The van der Waals surface area contributed by atoms with Crippen molar-refractivity contribution in [1.82, 2.24) is 14.6 Å². The van der Waals surface area contributed by atoms with Gasteiger partial charge in [0.1, 0.15) is 16.6 Å². The maximum atomic E-state index is 11.9. The van der Waals surface area contributed by atoms with Gasteiger partial charge in [0.05, 0.1) is 11.9 Å². The van der Waals surface area contributed by atoms with E-state index in [1.807, 2.05) is 30.3 Å². The Morgan fingerprint density at radius 2 is 2.14 bits per heavy atom. The fraction of sp³-hybridized carbons (Fsp3) is 0.143. The van der Waals surface area contributed by atoms with Crippen LogP contribution in [0.1, 0.15) is 11.3 Å². The van der Waals surface area contributed by atoms with E-state index in [4.69, 9.17) is 16.3 Å². The second-order valence-corrected chi connectivity index (χ2v) is 5.68. The SMILES string of the molecule is O=C(Cc1cccc2cccnc12)OCc1nnsc1Cl. The number of ether oxygens (including phenoxy) is 1. The molecule has 0 aliphatic heterocycles. The van der Waals surface area contributed by atoms with Crippen molar-refractivity contribution in [1.29, 1.82) is 0 Å². The van der Waals surface area contributed by atoms with Crippen molar-refractivity contribution >= 4 is 40.0 Å². The van der Waals surface area contributed by atoms with Gasteiger partial charge >= 0.3 is 5.97 Å². The number of carbonyl (C=O) groups is 1. The van der Waals surface area contributed by atoms with Crippen LogP contribution in [0.15, 0.2) is 36.5 Å². The van der Waals surface area contributed by atoms with Gasteiger partial charge in [0.2, 0.25) is 0 Å². The maximum absolute atomic E-state index is 11.9. The van der Waals surface area contributed by atoms with Crippen LogP contribution in [0, 0.1) is 0 Å². The summed E-state index contributed by atoms with van der Waals surface area (Å²) >= 11 is 6.92. The van der Waals surface area contributed by atoms with Crippen molar-refractivity contribution in [2.45, 2.75) is 13.0 Å². The number of aromatic nitrogens is 3. The van der Waals surface area contributed by atoms with Crippen LogP contribution in [0.4, 0.5) is 0 Å². The first-order valence-corrected chi connectivity index (χ1v) is 7.34. The van der Waals surface area contributed by atoms with Crippen LogP contribution in [0.25, 0.3) is 10.9 Å². The monoisotopic (exact) mass is 319 g/mol. The highest BCUT2D eigenvalue weighted by atomic mass is 35.5. The number of rotatable bonds is 4. The molecular weight excluding hydrogens is 310 g/mol. The molecule has 0 aliphatic rings. The van der Waals surface area contributed by atoms with Crippen molar-refractivity contribution in [2.75, 3.05) is 0 Å². The summed E-state index contributed by atoms with van der Waals surface area (Å²) < 4.78 is 9.30. The van der Waals surface area contributed by atoms with Gasteiger partial charge in [0, 0.05) is 23.1 Å². The topological polar surface area (TPSA) is 65.0 Å². The third-order valence-corrected chi connectivity index (χ3v) is 3.91. The van der Waals surface area contributed by atoms with Crippen LogP contribution in [-0.4, -0.2) is 20.5 Å². The molecule has 0 saturated carbocycles. The molecule has 106 valence electrons. The van der Waals surface area contributed by atoms with Gasteiger partial charge in [-0.3, -0.25) is 9.78 Å². The minimum Gasteiger partial charge on any atom is -0.459 e. The quantitative estimate of drug-likeness (QED) is 0.692. The lowest BCUT2D eigenvalue weighted by atomic mass is 10.1. The Morgan fingerprint density at radius 3 is 2.95 bits per heavy atom. The number of para-hydroxylation sites is 1. The number of halogens is 1. The van der Waals surface area contributed by atoms with E-state index in [1.54, 1.807) is 6.20 Å². The van der Waals surface area contributed by atoms with Gasteiger partial charge in [-0.15, -0.1) is 5.10 Å². The zero-order valence-electron chi connectivity index (χ0n) is 10.8. The summed E-state index contributed by atoms with van der Waals surface area (Å²) in [5.74, 6) is -0.350. The van der Waals surface area contributed by atoms with Crippen molar-refractivity contribution in [3.05, 3.63) is 52.1 Å². The zero-order chi connectivity index (χ0) is 14.7. The lowest BCUT2D eigenvalue weighted by Crippen LogP contribution is -2.09. The molecule has 0 atom stereocenters. The number of benzene rings is 1. The first-order chi connectivity index (χ1) is 10.2. The van der Waals surface area contributed by atoms with Crippen molar-refractivity contribution in [2.24, 2.45) is 0 Å². The minimum atomic E-state index is -0.350. The Balaban J connectivity index is 1.70. The highest BCUT2D eigenvalue weighted by Gasteiger charge is 2.12. The molecule has 0 bridgehead atoms. The average molecular weight is 320 g/mol. The summed E-state index contributed by atoms with van der Waals surface area (Å²) in [4.78, 5) is 16.2. The summed E-state index contributed by atoms with van der Waals surface area (Å²) in [6.07, 6.45) is 1.86. The number of carbonyl (C=O) groups excluding carboxylic acids is 1. The van der Waals surface area contributed by atoms with Crippen LogP contribution >= 0.6 is 23.1 Å². The maximum Gasteiger partial charge on any atom is 0.310 e. The Hall–Kier alpha value is -2.05. The molecule has 0 fully saturated rings. The Bertz CT molecular complexity index is 785. The molecule has 0 amide bonds. The van der Waals surface area contributed by atoms with E-state index in [1.165, 1.54) is 0 Å². The van der Waals surface area contributed by atoms with Gasteiger partial charge in [0.25, 0.3) is 0 Å². The summed E-state index contributed by atoms with van der Waals surface area (Å²) in [5, 5.41) is 4.79. The Morgan fingerprint density at radius 1 is 1.29 bits per heavy atom. The summed E-state index contributed by atoms with van der Waals surface area (Å²) in [6, 6.07) is 9.54. The molecule has 0 N–H and O–H groups in total. The van der Waals surface area contributed by atoms with Gasteiger partial charge in [-0.05, 0) is 11.6 Å². The van der Waals surface area contributed by atoms with Gasteiger partial charge in [0.15, 0.2) is 0 Å². The van der Waals surface area contributed by atoms with Crippen LogP contribution in [0.3, 0.4) is 0 Å². The summed E-state index contributed by atoms with van der Waals surface area (Å²) in [6.45, 7) is 0.0341. The zero-order valence-corrected chi connectivity index (χ0v) is 12.4. The standard InChI is InChI=1S/C14H10ClN3O2S/c15-14-11(17-18-21-14)8-20-12(19)7-10-4-1-3-9-5-2-6-16-13(9)10/h1-6H,7-8H2. The minimum absolute atomic E-state index is 0.0341. The van der Waals surface area contributed by atoms with E-state index >= 15 is 0 Å². The van der Waals surface area contributed by atoms with E-state index in [0.717, 1.165) is 28.0 Å². The Labute approximate surface area is 129 Å². The molecule has 21 heavy (non-hydrogen) atoms. The largest absolute Gasteiger partial charge is 0.459 e. The third kappa shape index (κ3) is 3.17. The number of hydrogen-bond acceptors (Lipinski definition) is 6. The fourth-order valence-corrected chi connectivity index (χ4v) is 2.55. The number of fused-ring (bicyclic) bond motifs is 1. The molecule has 0 radical (unpaired) electrons. The molecule has 5 nitrogen and oxygen atoms in total. The first kappa shape index (κ1) is 13.9. The van der Waals surface area contributed by atoms with Crippen LogP contribution in [0.5, 0.6) is 0 Å². The second-order valence-electron chi connectivity index (χ2n) is 4.32. The van der Waals surface area contributed by atoms with Gasteiger partial charge < -0.3 is 4.74 Å². The van der Waals surface area contributed by atoms with Crippen molar-refractivity contribution in [3.8, 4) is 0 Å². The number of esters is 1. The number of nitrogens with zero attached hydrogens (tertiary/aromatic N) is 3. The first-order valence-electron chi connectivity index (χ1n) is 6.19. The van der Waals surface area contributed by atoms with Gasteiger partial charge in [-0.2, -0.15) is 0 Å². The predicted molar refractivity (Wildman–Crippen MR) is 80.2 cm³/mol. The molecule has 7 heteroatoms. The van der Waals surface area contributed by atoms with Gasteiger partial charge in [-0.1, -0.05) is 40.4 Å². The molecule has 3 aromatic rings. The van der Waals surface area contributed by atoms with Gasteiger partial charge in [-0.25, -0.2) is 0 Å². The van der Waals surface area contributed by atoms with E-state index in [-0.39, 0.29) is 19.0 Å². The van der Waals surface area contributed by atoms with Crippen molar-refractivity contribution < 1.29 is 9.53 Å². The highest BCUT2D eigenvalue weighted by Crippen LogP contribution is 2.19. The van der Waals surface area contributed by atoms with E-state index in [2.05, 4.69) is 14.6 Å². The highest BCUT2D eigenvalue weighted by molar-refractivity contribution is 7.10. The van der Waals surface area contributed by atoms with Crippen molar-refractivity contribution in [3.63, 3.8) is 0 Å². The normalized spacial score (nSPS) is 10.7. The lowest BCUT2D eigenvalue weighted by Gasteiger charge is -2.06. The summed E-state index contributed by atoms with van der Waals surface area (Å²) in [7, 11) is 0. The fourth-order valence-electron chi connectivity index (χ4n) is 1.95. The molecule has 0 unspecified atom stereocenters. The molecule has 3 rings (SSSR count). The number of pyridine rings is 1. The summed E-state index contributed by atoms with van der Waals surface area (Å²) in [5.41, 5.74) is 2.12. The molecule has 2 aromatic heterocycles. The number of hydrogen-bond donors (Lipinski definition) is 0. The smallest absolute Gasteiger partial charge is 0.310 e. The second kappa shape index (κ2) is 6.15. The van der Waals surface area contributed by atoms with E-state index < -0.39 is 0 Å². The molecule has 0 saturated heterocycles. The Kier molecular flexibility index (Phi) is 4.08. The third-order valence-electron chi connectivity index (χ3n) is 2.93. The average Bonchev–Trinajstić information content (AvgIpc) is 2.91. The van der Waals surface area contributed by atoms with E-state index in [0.29, 0.717) is 10.0 Å². The van der Waals surface area contributed by atoms with Crippen LogP contribution in [0.2, 0.25) is 4.34 Å².